The van der Waals surface area contributed by atoms with Gasteiger partial charge in [0, 0.05) is 12.3 Å². The Balaban J connectivity index is 1.73. The number of amides is 1. The number of nitrogens with zero attached hydrogens (tertiary/aromatic N) is 2. The molecule has 1 atom stereocenters. The molecule has 0 bridgehead atoms. The van der Waals surface area contributed by atoms with Crippen LogP contribution in [0.4, 0.5) is 5.69 Å². The molecule has 0 aliphatic carbocycles. The molecule has 8 heteroatoms. The highest BCUT2D eigenvalue weighted by Crippen LogP contribution is 2.38. The number of carbonyl (C=O) groups is 1. The summed E-state index contributed by atoms with van der Waals surface area (Å²) < 4.78 is 12.4. The van der Waals surface area contributed by atoms with Crippen molar-refractivity contribution in [1.29, 1.82) is 0 Å². The molecule has 29 heavy (non-hydrogen) atoms. The third-order valence-electron chi connectivity index (χ3n) is 6.10. The van der Waals surface area contributed by atoms with Gasteiger partial charge in [-0.1, -0.05) is 23.7 Å². The number of halogens is 1. The van der Waals surface area contributed by atoms with E-state index < -0.39 is 24.7 Å². The van der Waals surface area contributed by atoms with Crippen molar-refractivity contribution in [2.75, 3.05) is 4.90 Å². The Hall–Kier alpha value is -2.06. The molecular weight excluding hydrogens is 391 g/mol. The zero-order chi connectivity index (χ0) is 21.1. The third-order valence-corrected chi connectivity index (χ3v) is 6.42. The van der Waals surface area contributed by atoms with Gasteiger partial charge in [0.15, 0.2) is 0 Å². The van der Waals surface area contributed by atoms with Crippen molar-refractivity contribution in [1.82, 2.24) is 4.90 Å². The van der Waals surface area contributed by atoms with Gasteiger partial charge < -0.3 is 19.3 Å². The van der Waals surface area contributed by atoms with Crippen LogP contribution >= 0.6 is 11.6 Å². The fraction of sp³-hybridized carbons (Fsp3) is 0.381. The molecule has 3 aliphatic rings. The standard InChI is InChI=1S/C21H24BClN2O4/c1-13-14(22-28-20(2,3)21(4,5)29-22)8-6-10-16(13)25-18(26)12-17-15(23)9-7-11-24(17)19(25)27/h6-12,19,27H,1-5H3/t19-/m0/s1. The first-order chi connectivity index (χ1) is 13.5. The van der Waals surface area contributed by atoms with Gasteiger partial charge in [-0.3, -0.25) is 9.69 Å². The number of allylic oxidation sites excluding steroid dienone is 3. The van der Waals surface area contributed by atoms with E-state index in [1.807, 2.05) is 46.8 Å². The number of aliphatic hydroxyl groups excluding tert-OH is 1. The Kier molecular flexibility index (Phi) is 4.70. The van der Waals surface area contributed by atoms with E-state index in [0.29, 0.717) is 16.4 Å². The van der Waals surface area contributed by atoms with Gasteiger partial charge in [-0.2, -0.15) is 0 Å². The maximum absolute atomic E-state index is 12.9. The first-order valence-corrected chi connectivity index (χ1v) is 9.92. The van der Waals surface area contributed by atoms with Crippen LogP contribution in [-0.2, 0) is 14.1 Å². The van der Waals surface area contributed by atoms with Crippen LogP contribution in [-0.4, -0.2) is 40.6 Å². The van der Waals surface area contributed by atoms with E-state index in [2.05, 4.69) is 0 Å². The topological polar surface area (TPSA) is 62.2 Å². The molecule has 0 aromatic heterocycles. The first kappa shape index (κ1) is 20.2. The molecule has 1 N–H and O–H groups in total. The quantitative estimate of drug-likeness (QED) is 0.754. The molecule has 0 spiro atoms. The average Bonchev–Trinajstić information content (AvgIpc) is 2.85. The summed E-state index contributed by atoms with van der Waals surface area (Å²) in [7, 11) is -0.560. The van der Waals surface area contributed by atoms with Crippen LogP contribution < -0.4 is 10.4 Å². The van der Waals surface area contributed by atoms with Gasteiger partial charge in [-0.15, -0.1) is 0 Å². The normalized spacial score (nSPS) is 25.1. The number of hydrogen-bond donors (Lipinski definition) is 1. The van der Waals surface area contributed by atoms with Gasteiger partial charge in [0.2, 0.25) is 6.35 Å². The number of anilines is 1. The van der Waals surface area contributed by atoms with Crippen LogP contribution in [0.1, 0.15) is 33.3 Å². The lowest BCUT2D eigenvalue weighted by Crippen LogP contribution is -2.53. The summed E-state index contributed by atoms with van der Waals surface area (Å²) >= 11 is 6.20. The monoisotopic (exact) mass is 414 g/mol. The second-order valence-corrected chi connectivity index (χ2v) is 8.83. The Morgan fingerprint density at radius 2 is 1.83 bits per heavy atom. The van der Waals surface area contributed by atoms with Crippen LogP contribution in [0.15, 0.2) is 53.4 Å². The molecule has 1 aromatic carbocycles. The summed E-state index contributed by atoms with van der Waals surface area (Å²) in [6, 6.07) is 5.56. The molecular formula is C21H24BClN2O4. The lowest BCUT2D eigenvalue weighted by molar-refractivity contribution is -0.119. The molecule has 0 radical (unpaired) electrons. The van der Waals surface area contributed by atoms with Crippen LogP contribution in [0.5, 0.6) is 0 Å². The van der Waals surface area contributed by atoms with Gasteiger partial charge in [0.1, 0.15) is 0 Å². The molecule has 1 aromatic rings. The maximum atomic E-state index is 12.9. The van der Waals surface area contributed by atoms with E-state index in [9.17, 15) is 9.90 Å². The summed E-state index contributed by atoms with van der Waals surface area (Å²) in [6.07, 6.45) is 5.31. The number of rotatable bonds is 2. The van der Waals surface area contributed by atoms with E-state index in [-0.39, 0.29) is 5.91 Å². The third kappa shape index (κ3) is 3.13. The zero-order valence-corrected chi connectivity index (χ0v) is 17.9. The number of fused-ring (bicyclic) bond motifs is 1. The average molecular weight is 415 g/mol. The second kappa shape index (κ2) is 6.74. The van der Waals surface area contributed by atoms with Crippen LogP contribution in [0, 0.1) is 6.92 Å². The van der Waals surface area contributed by atoms with E-state index in [1.54, 1.807) is 29.3 Å². The van der Waals surface area contributed by atoms with Crippen molar-refractivity contribution in [2.24, 2.45) is 0 Å². The first-order valence-electron chi connectivity index (χ1n) is 9.54. The summed E-state index contributed by atoms with van der Waals surface area (Å²) in [5, 5.41) is 11.3. The van der Waals surface area contributed by atoms with Crippen molar-refractivity contribution in [3.8, 4) is 0 Å². The summed E-state index contributed by atoms with van der Waals surface area (Å²) in [5.74, 6) is -0.347. The minimum atomic E-state index is -1.21. The predicted molar refractivity (Wildman–Crippen MR) is 113 cm³/mol. The van der Waals surface area contributed by atoms with E-state index in [4.69, 9.17) is 20.9 Å². The number of benzene rings is 1. The summed E-state index contributed by atoms with van der Waals surface area (Å²) in [6.45, 7) is 9.88. The van der Waals surface area contributed by atoms with E-state index in [1.165, 1.54) is 11.0 Å². The maximum Gasteiger partial charge on any atom is 0.495 e. The highest BCUT2D eigenvalue weighted by Gasteiger charge is 2.52. The number of carbonyl (C=O) groups excluding carboxylic acids is 1. The number of aliphatic hydroxyl groups is 1. The van der Waals surface area contributed by atoms with Crippen molar-refractivity contribution >= 4 is 35.8 Å². The minimum absolute atomic E-state index is 0.347. The Morgan fingerprint density at radius 1 is 1.17 bits per heavy atom. The van der Waals surface area contributed by atoms with Crippen molar-refractivity contribution in [3.05, 3.63) is 58.9 Å². The Morgan fingerprint density at radius 3 is 2.48 bits per heavy atom. The summed E-state index contributed by atoms with van der Waals surface area (Å²) in [4.78, 5) is 15.8. The molecule has 0 saturated carbocycles. The number of hydrogen-bond acceptors (Lipinski definition) is 5. The molecule has 152 valence electrons. The lowest BCUT2D eigenvalue weighted by atomic mass is 9.75. The minimum Gasteiger partial charge on any atom is -0.399 e. The van der Waals surface area contributed by atoms with Crippen molar-refractivity contribution < 1.29 is 19.2 Å². The highest BCUT2D eigenvalue weighted by atomic mass is 35.5. The molecule has 1 amide bonds. The Bertz CT molecular complexity index is 953. The SMILES string of the molecule is Cc1c(B2OC(C)(C)C(C)(C)O2)cccc1N1C(=O)C=C2C(Cl)=CC=CN2[C@@H]1O. The molecule has 3 aliphatic heterocycles. The van der Waals surface area contributed by atoms with Crippen LogP contribution in [0.25, 0.3) is 0 Å². The largest absolute Gasteiger partial charge is 0.495 e. The highest BCUT2D eigenvalue weighted by molar-refractivity contribution is 6.62. The van der Waals surface area contributed by atoms with Gasteiger partial charge >= 0.3 is 7.12 Å². The van der Waals surface area contributed by atoms with Crippen molar-refractivity contribution in [2.45, 2.75) is 52.2 Å². The molecule has 4 rings (SSSR count). The fourth-order valence-corrected chi connectivity index (χ4v) is 3.87. The molecule has 3 heterocycles. The van der Waals surface area contributed by atoms with E-state index >= 15 is 0 Å². The second-order valence-electron chi connectivity index (χ2n) is 8.43. The molecule has 1 fully saturated rings. The van der Waals surface area contributed by atoms with Gasteiger partial charge in [-0.05, 0) is 63.9 Å². The summed E-state index contributed by atoms with van der Waals surface area (Å²) in [5.41, 5.74) is 1.74. The van der Waals surface area contributed by atoms with E-state index in [0.717, 1.165) is 11.0 Å². The predicted octanol–water partition coefficient (Wildman–Crippen LogP) is 2.75. The Labute approximate surface area is 176 Å². The molecule has 1 saturated heterocycles. The fourth-order valence-electron chi connectivity index (χ4n) is 3.65. The molecule has 0 unspecified atom stereocenters. The lowest BCUT2D eigenvalue weighted by Gasteiger charge is -2.41. The van der Waals surface area contributed by atoms with Crippen molar-refractivity contribution in [3.63, 3.8) is 0 Å². The molecule has 6 nitrogen and oxygen atoms in total. The van der Waals surface area contributed by atoms with Gasteiger partial charge in [0.05, 0.1) is 27.6 Å². The van der Waals surface area contributed by atoms with Crippen LogP contribution in [0.2, 0.25) is 0 Å². The van der Waals surface area contributed by atoms with Gasteiger partial charge in [-0.25, -0.2) is 0 Å². The zero-order valence-electron chi connectivity index (χ0n) is 17.1. The van der Waals surface area contributed by atoms with Gasteiger partial charge in [0.25, 0.3) is 5.91 Å². The smallest absolute Gasteiger partial charge is 0.399 e. The van der Waals surface area contributed by atoms with Crippen LogP contribution in [0.3, 0.4) is 0 Å².